The molecule has 0 bridgehead atoms. The van der Waals surface area contributed by atoms with E-state index in [0.717, 1.165) is 22.7 Å². The standard InChI is InChI=1S/C22H21F3N2OS/c1-21(2,16-9-6-10-17(11-16)22(23,24)25)14-26-19(28)12-18-13-29-20(27-18)15-7-4-3-5-8-15/h3-11,13H,12,14H2,1-2H3,(H,26,28). The first-order valence-corrected chi connectivity index (χ1v) is 9.97. The van der Waals surface area contributed by atoms with Crippen molar-refractivity contribution < 1.29 is 18.0 Å². The van der Waals surface area contributed by atoms with Gasteiger partial charge in [-0.15, -0.1) is 11.3 Å². The highest BCUT2D eigenvalue weighted by atomic mass is 32.1. The first kappa shape index (κ1) is 21.0. The van der Waals surface area contributed by atoms with Gasteiger partial charge >= 0.3 is 6.18 Å². The summed E-state index contributed by atoms with van der Waals surface area (Å²) in [5.74, 6) is -0.213. The van der Waals surface area contributed by atoms with Crippen LogP contribution < -0.4 is 5.32 Å². The van der Waals surface area contributed by atoms with Crippen molar-refractivity contribution in [3.63, 3.8) is 0 Å². The molecule has 0 aliphatic carbocycles. The SMILES string of the molecule is CC(C)(CNC(=O)Cc1csc(-c2ccccc2)n1)c1cccc(C(F)(F)F)c1. The summed E-state index contributed by atoms with van der Waals surface area (Å²) in [6.45, 7) is 3.83. The van der Waals surface area contributed by atoms with Crippen molar-refractivity contribution in [1.82, 2.24) is 10.3 Å². The number of aromatic nitrogens is 1. The zero-order valence-electron chi connectivity index (χ0n) is 16.1. The van der Waals surface area contributed by atoms with Crippen LogP contribution in [0.4, 0.5) is 13.2 Å². The average molecular weight is 418 g/mol. The number of carbonyl (C=O) groups is 1. The maximum Gasteiger partial charge on any atom is 0.416 e. The molecule has 0 aliphatic rings. The first-order valence-electron chi connectivity index (χ1n) is 9.09. The molecule has 0 saturated carbocycles. The van der Waals surface area contributed by atoms with Crippen molar-refractivity contribution in [3.8, 4) is 10.6 Å². The summed E-state index contributed by atoms with van der Waals surface area (Å²) in [7, 11) is 0. The van der Waals surface area contributed by atoms with Crippen LogP contribution in [0.3, 0.4) is 0 Å². The number of rotatable bonds is 6. The third-order valence-corrected chi connectivity index (χ3v) is 5.55. The van der Waals surface area contributed by atoms with Gasteiger partial charge in [0.2, 0.25) is 5.91 Å². The maximum absolute atomic E-state index is 13.0. The molecule has 3 aromatic rings. The number of hydrogen-bond donors (Lipinski definition) is 1. The smallest absolute Gasteiger partial charge is 0.355 e. The van der Waals surface area contributed by atoms with Gasteiger partial charge in [-0.3, -0.25) is 4.79 Å². The highest BCUT2D eigenvalue weighted by molar-refractivity contribution is 7.13. The molecule has 0 aliphatic heterocycles. The Bertz CT molecular complexity index is 981. The van der Waals surface area contributed by atoms with Crippen molar-refractivity contribution in [2.24, 2.45) is 0 Å². The van der Waals surface area contributed by atoms with E-state index < -0.39 is 17.2 Å². The van der Waals surface area contributed by atoms with Gasteiger partial charge in [0.15, 0.2) is 0 Å². The van der Waals surface area contributed by atoms with Gasteiger partial charge in [0.1, 0.15) is 5.01 Å². The quantitative estimate of drug-likeness (QED) is 0.577. The second-order valence-electron chi connectivity index (χ2n) is 7.43. The third-order valence-electron chi connectivity index (χ3n) is 4.61. The van der Waals surface area contributed by atoms with Crippen molar-refractivity contribution in [2.75, 3.05) is 6.54 Å². The monoisotopic (exact) mass is 418 g/mol. The van der Waals surface area contributed by atoms with Gasteiger partial charge in [-0.05, 0) is 11.6 Å². The molecule has 0 unspecified atom stereocenters. The van der Waals surface area contributed by atoms with E-state index in [1.54, 1.807) is 19.9 Å². The van der Waals surface area contributed by atoms with Crippen LogP contribution in [0, 0.1) is 0 Å². The van der Waals surface area contributed by atoms with E-state index >= 15 is 0 Å². The topological polar surface area (TPSA) is 42.0 Å². The van der Waals surface area contributed by atoms with Crippen LogP contribution in [0.2, 0.25) is 0 Å². The lowest BCUT2D eigenvalue weighted by atomic mass is 9.83. The minimum absolute atomic E-state index is 0.127. The molecule has 7 heteroatoms. The molecular weight excluding hydrogens is 397 g/mol. The third kappa shape index (κ3) is 5.44. The molecule has 0 spiro atoms. The van der Waals surface area contributed by atoms with Crippen molar-refractivity contribution in [2.45, 2.75) is 31.9 Å². The van der Waals surface area contributed by atoms with E-state index in [9.17, 15) is 18.0 Å². The number of carbonyl (C=O) groups excluding carboxylic acids is 1. The molecule has 0 fully saturated rings. The minimum atomic E-state index is -4.39. The van der Waals surface area contributed by atoms with E-state index in [-0.39, 0.29) is 18.9 Å². The van der Waals surface area contributed by atoms with E-state index in [4.69, 9.17) is 0 Å². The van der Waals surface area contributed by atoms with Gasteiger partial charge in [0, 0.05) is 22.9 Å². The average Bonchev–Trinajstić information content (AvgIpc) is 3.15. The minimum Gasteiger partial charge on any atom is -0.355 e. The van der Waals surface area contributed by atoms with Crippen LogP contribution >= 0.6 is 11.3 Å². The van der Waals surface area contributed by atoms with Crippen LogP contribution in [0.5, 0.6) is 0 Å². The Hall–Kier alpha value is -2.67. The highest BCUT2D eigenvalue weighted by Gasteiger charge is 2.32. The van der Waals surface area contributed by atoms with Crippen LogP contribution in [0.25, 0.3) is 10.6 Å². The molecule has 1 aromatic heterocycles. The molecule has 3 nitrogen and oxygen atoms in total. The predicted molar refractivity (Wildman–Crippen MR) is 109 cm³/mol. The summed E-state index contributed by atoms with van der Waals surface area (Å²) >= 11 is 1.47. The van der Waals surface area contributed by atoms with Crippen LogP contribution in [0.15, 0.2) is 60.0 Å². The normalized spacial score (nSPS) is 12.0. The zero-order chi connectivity index (χ0) is 21.1. The molecule has 0 radical (unpaired) electrons. The fourth-order valence-corrected chi connectivity index (χ4v) is 3.69. The Morgan fingerprint density at radius 2 is 1.72 bits per heavy atom. The first-order chi connectivity index (χ1) is 13.6. The Morgan fingerprint density at radius 1 is 1.03 bits per heavy atom. The largest absolute Gasteiger partial charge is 0.416 e. The van der Waals surface area contributed by atoms with E-state index in [2.05, 4.69) is 10.3 Å². The lowest BCUT2D eigenvalue weighted by molar-refractivity contribution is -0.137. The molecule has 0 saturated heterocycles. The van der Waals surface area contributed by atoms with Gasteiger partial charge < -0.3 is 5.32 Å². The van der Waals surface area contributed by atoms with Gasteiger partial charge in [0.05, 0.1) is 17.7 Å². The molecule has 0 atom stereocenters. The highest BCUT2D eigenvalue weighted by Crippen LogP contribution is 2.32. The van der Waals surface area contributed by atoms with E-state index in [1.807, 2.05) is 35.7 Å². The van der Waals surface area contributed by atoms with Crippen LogP contribution in [-0.2, 0) is 22.8 Å². The number of benzene rings is 2. The number of amides is 1. The van der Waals surface area contributed by atoms with Gasteiger partial charge in [-0.2, -0.15) is 13.2 Å². The van der Waals surface area contributed by atoms with Gasteiger partial charge in [-0.25, -0.2) is 4.98 Å². The molecule has 1 N–H and O–H groups in total. The Morgan fingerprint density at radius 3 is 2.41 bits per heavy atom. The predicted octanol–water partition coefficient (Wildman–Crippen LogP) is 5.47. The van der Waals surface area contributed by atoms with Crippen molar-refractivity contribution in [1.29, 1.82) is 0 Å². The number of thiazole rings is 1. The zero-order valence-corrected chi connectivity index (χ0v) is 16.9. The van der Waals surface area contributed by atoms with Crippen molar-refractivity contribution in [3.05, 3.63) is 76.8 Å². The maximum atomic E-state index is 13.0. The summed E-state index contributed by atoms with van der Waals surface area (Å²) in [5.41, 5.74) is 0.852. The summed E-state index contributed by atoms with van der Waals surface area (Å²) in [4.78, 5) is 16.8. The molecule has 3 rings (SSSR count). The summed E-state index contributed by atoms with van der Waals surface area (Å²) in [5, 5.41) is 5.51. The Kier molecular flexibility index (Phi) is 6.07. The number of nitrogens with one attached hydrogen (secondary N) is 1. The molecule has 2 aromatic carbocycles. The van der Waals surface area contributed by atoms with E-state index in [0.29, 0.717) is 11.3 Å². The molecule has 1 heterocycles. The number of hydrogen-bond acceptors (Lipinski definition) is 3. The number of halogens is 3. The lowest BCUT2D eigenvalue weighted by Gasteiger charge is -2.26. The number of alkyl halides is 3. The molecule has 1 amide bonds. The number of nitrogens with zero attached hydrogens (tertiary/aromatic N) is 1. The molecular formula is C22H21F3N2OS. The van der Waals surface area contributed by atoms with Gasteiger partial charge in [-0.1, -0.05) is 62.4 Å². The van der Waals surface area contributed by atoms with Gasteiger partial charge in [0.25, 0.3) is 0 Å². The molecule has 29 heavy (non-hydrogen) atoms. The second kappa shape index (κ2) is 8.37. The lowest BCUT2D eigenvalue weighted by Crippen LogP contribution is -2.37. The Balaban J connectivity index is 1.61. The Labute approximate surface area is 171 Å². The molecule has 152 valence electrons. The summed E-state index contributed by atoms with van der Waals surface area (Å²) in [6.07, 6.45) is -4.27. The fourth-order valence-electron chi connectivity index (χ4n) is 2.87. The van der Waals surface area contributed by atoms with E-state index in [1.165, 1.54) is 17.4 Å². The summed E-state index contributed by atoms with van der Waals surface area (Å²) in [6, 6.07) is 14.9. The second-order valence-corrected chi connectivity index (χ2v) is 8.28. The summed E-state index contributed by atoms with van der Waals surface area (Å²) < 4.78 is 38.9. The van der Waals surface area contributed by atoms with Crippen LogP contribution in [0.1, 0.15) is 30.7 Å². The fraction of sp³-hybridized carbons (Fsp3) is 0.273. The van der Waals surface area contributed by atoms with Crippen molar-refractivity contribution >= 4 is 17.2 Å². The van der Waals surface area contributed by atoms with Crippen LogP contribution in [-0.4, -0.2) is 17.4 Å².